The van der Waals surface area contributed by atoms with Gasteiger partial charge in [0.1, 0.15) is 12.1 Å². The Morgan fingerprint density at radius 3 is 2.69 bits per heavy atom. The van der Waals surface area contributed by atoms with E-state index in [9.17, 15) is 14.0 Å². The normalized spacial score (nSPS) is 19.3. The van der Waals surface area contributed by atoms with Crippen LogP contribution in [0, 0.1) is 5.82 Å². The van der Waals surface area contributed by atoms with E-state index in [4.69, 9.17) is 0 Å². The number of benzene rings is 2. The molecular formula is C20H18BrFN2O2. The average molecular weight is 417 g/mol. The van der Waals surface area contributed by atoms with Gasteiger partial charge < -0.3 is 4.79 Å². The van der Waals surface area contributed by atoms with Crippen molar-refractivity contribution in [1.29, 1.82) is 0 Å². The van der Waals surface area contributed by atoms with Crippen LogP contribution in [0.3, 0.4) is 0 Å². The Hall–Kier alpha value is -2.34. The Labute approximate surface area is 159 Å². The highest BCUT2D eigenvalue weighted by Crippen LogP contribution is 2.43. The molecular weight excluding hydrogens is 399 g/mol. The molecule has 0 unspecified atom stereocenters. The number of aldehydes is 1. The Morgan fingerprint density at radius 1 is 1.31 bits per heavy atom. The number of carbonyl (C=O) groups is 2. The first-order valence-corrected chi connectivity index (χ1v) is 9.10. The van der Waals surface area contributed by atoms with Gasteiger partial charge in [-0.1, -0.05) is 46.3 Å². The third-order valence-electron chi connectivity index (χ3n) is 4.61. The first-order valence-electron chi connectivity index (χ1n) is 8.31. The van der Waals surface area contributed by atoms with Crippen LogP contribution in [-0.4, -0.2) is 22.9 Å². The molecule has 134 valence electrons. The molecule has 0 radical (unpaired) electrons. The molecule has 0 saturated heterocycles. The van der Waals surface area contributed by atoms with Crippen LogP contribution in [0.25, 0.3) is 0 Å². The van der Waals surface area contributed by atoms with Gasteiger partial charge in [0, 0.05) is 29.8 Å². The summed E-state index contributed by atoms with van der Waals surface area (Å²) in [5.74, 6) is -0.639. The third-order valence-corrected chi connectivity index (χ3v) is 5.10. The van der Waals surface area contributed by atoms with Crippen molar-refractivity contribution in [3.05, 3.63) is 69.9 Å². The molecule has 6 heteroatoms. The van der Waals surface area contributed by atoms with Crippen molar-refractivity contribution < 1.29 is 14.0 Å². The fourth-order valence-corrected chi connectivity index (χ4v) is 3.81. The zero-order valence-electron chi connectivity index (χ0n) is 14.3. The van der Waals surface area contributed by atoms with Gasteiger partial charge in [-0.25, -0.2) is 9.40 Å². The van der Waals surface area contributed by atoms with E-state index in [0.29, 0.717) is 24.1 Å². The highest BCUT2D eigenvalue weighted by molar-refractivity contribution is 9.10. The van der Waals surface area contributed by atoms with Crippen molar-refractivity contribution >= 4 is 33.8 Å². The van der Waals surface area contributed by atoms with Crippen molar-refractivity contribution in [3.8, 4) is 0 Å². The molecule has 0 saturated carbocycles. The van der Waals surface area contributed by atoms with Gasteiger partial charge in [0.15, 0.2) is 0 Å². The van der Waals surface area contributed by atoms with Crippen molar-refractivity contribution in [3.63, 3.8) is 0 Å². The van der Waals surface area contributed by atoms with E-state index in [2.05, 4.69) is 21.0 Å². The molecule has 2 aromatic rings. The molecule has 26 heavy (non-hydrogen) atoms. The fraction of sp³-hybridized carbons (Fsp3) is 0.250. The first-order chi connectivity index (χ1) is 12.5. The van der Waals surface area contributed by atoms with Gasteiger partial charge >= 0.3 is 0 Å². The maximum Gasteiger partial charge on any atom is 0.240 e. The van der Waals surface area contributed by atoms with Crippen molar-refractivity contribution in [2.24, 2.45) is 5.10 Å². The summed E-state index contributed by atoms with van der Waals surface area (Å²) in [6.45, 7) is 1.43. The average Bonchev–Trinajstić information content (AvgIpc) is 3.04. The van der Waals surface area contributed by atoms with Crippen molar-refractivity contribution in [1.82, 2.24) is 5.01 Å². The maximum atomic E-state index is 14.4. The number of hydrazone groups is 1. The molecule has 1 atom stereocenters. The van der Waals surface area contributed by atoms with Crippen LogP contribution in [0.15, 0.2) is 58.1 Å². The van der Waals surface area contributed by atoms with Crippen molar-refractivity contribution in [2.75, 3.05) is 0 Å². The van der Waals surface area contributed by atoms with E-state index >= 15 is 0 Å². The van der Waals surface area contributed by atoms with Crippen LogP contribution < -0.4 is 0 Å². The van der Waals surface area contributed by atoms with Gasteiger partial charge in [-0.15, -0.1) is 0 Å². The van der Waals surface area contributed by atoms with Gasteiger partial charge in [-0.05, 0) is 30.2 Å². The lowest BCUT2D eigenvalue weighted by molar-refractivity contribution is -0.135. The summed E-state index contributed by atoms with van der Waals surface area (Å²) < 4.78 is 15.1. The van der Waals surface area contributed by atoms with Gasteiger partial charge in [-0.3, -0.25) is 4.79 Å². The number of hydrogen-bond donors (Lipinski definition) is 0. The molecule has 0 fully saturated rings. The van der Waals surface area contributed by atoms with E-state index in [1.54, 1.807) is 12.1 Å². The molecule has 1 amide bonds. The summed E-state index contributed by atoms with van der Waals surface area (Å²) >= 11 is 3.35. The zero-order chi connectivity index (χ0) is 18.7. The predicted octanol–water partition coefficient (Wildman–Crippen LogP) is 4.42. The summed E-state index contributed by atoms with van der Waals surface area (Å²) in [5.41, 5.74) is 0.937. The van der Waals surface area contributed by atoms with Crippen LogP contribution in [0.1, 0.15) is 37.3 Å². The molecule has 0 spiro atoms. The second-order valence-electron chi connectivity index (χ2n) is 6.28. The summed E-state index contributed by atoms with van der Waals surface area (Å²) in [4.78, 5) is 23.4. The molecule has 0 N–H and O–H groups in total. The smallest absolute Gasteiger partial charge is 0.240 e. The number of carbonyl (C=O) groups excluding carboxylic acids is 2. The van der Waals surface area contributed by atoms with E-state index in [-0.39, 0.29) is 12.3 Å². The van der Waals surface area contributed by atoms with Gasteiger partial charge in [0.05, 0.1) is 11.3 Å². The molecule has 3 rings (SSSR count). The Kier molecular flexibility index (Phi) is 5.32. The molecule has 4 nitrogen and oxygen atoms in total. The van der Waals surface area contributed by atoms with Gasteiger partial charge in [0.2, 0.25) is 5.91 Å². The summed E-state index contributed by atoms with van der Waals surface area (Å²) in [6.07, 6.45) is 1.88. The number of amides is 1. The second kappa shape index (κ2) is 7.50. The largest absolute Gasteiger partial charge is 0.303 e. The molecule has 0 aliphatic carbocycles. The standard InChI is InChI=1S/C20H18BrFN2O2/c1-14(26)24-20(10-5-11-25,15-6-3-2-4-7-15)13-19(23-24)17-12-16(21)8-9-18(17)22/h2-4,6-9,11-12H,5,10,13H2,1H3/t20-/m0/s1. The minimum Gasteiger partial charge on any atom is -0.303 e. The summed E-state index contributed by atoms with van der Waals surface area (Å²) in [7, 11) is 0. The highest BCUT2D eigenvalue weighted by atomic mass is 79.9. The lowest BCUT2D eigenvalue weighted by Crippen LogP contribution is -2.42. The molecule has 1 aliphatic heterocycles. The van der Waals surface area contributed by atoms with E-state index in [0.717, 1.165) is 16.3 Å². The minimum absolute atomic E-state index is 0.245. The maximum absolute atomic E-state index is 14.4. The first kappa shape index (κ1) is 18.5. The molecule has 0 bridgehead atoms. The van der Waals surface area contributed by atoms with Gasteiger partial charge in [-0.2, -0.15) is 5.10 Å². The molecule has 1 heterocycles. The van der Waals surface area contributed by atoms with Crippen LogP contribution in [-0.2, 0) is 15.1 Å². The van der Waals surface area contributed by atoms with Gasteiger partial charge in [0.25, 0.3) is 0 Å². The van der Waals surface area contributed by atoms with E-state index < -0.39 is 11.4 Å². The summed E-state index contributed by atoms with van der Waals surface area (Å²) in [6, 6.07) is 14.1. The second-order valence-corrected chi connectivity index (χ2v) is 7.20. The number of hydrogen-bond acceptors (Lipinski definition) is 3. The molecule has 1 aliphatic rings. The highest BCUT2D eigenvalue weighted by Gasteiger charge is 2.46. The Morgan fingerprint density at radius 2 is 2.04 bits per heavy atom. The SMILES string of the molecule is CC(=O)N1N=C(c2cc(Br)ccc2F)C[C@@]1(CCC=O)c1ccccc1. The Balaban J connectivity index is 2.12. The summed E-state index contributed by atoms with van der Waals surface area (Å²) in [5, 5.41) is 5.87. The topological polar surface area (TPSA) is 49.7 Å². The van der Waals surface area contributed by atoms with Crippen LogP contribution >= 0.6 is 15.9 Å². The molecule has 2 aromatic carbocycles. The van der Waals surface area contributed by atoms with Crippen LogP contribution in [0.4, 0.5) is 4.39 Å². The number of nitrogens with zero attached hydrogens (tertiary/aromatic N) is 2. The molecule has 0 aromatic heterocycles. The lowest BCUT2D eigenvalue weighted by Gasteiger charge is -2.36. The van der Waals surface area contributed by atoms with E-state index in [1.165, 1.54) is 18.0 Å². The van der Waals surface area contributed by atoms with Crippen LogP contribution in [0.5, 0.6) is 0 Å². The third kappa shape index (κ3) is 3.33. The Bertz CT molecular complexity index is 869. The number of rotatable bonds is 5. The lowest BCUT2D eigenvalue weighted by atomic mass is 9.80. The van der Waals surface area contributed by atoms with Crippen LogP contribution in [0.2, 0.25) is 0 Å². The fourth-order valence-electron chi connectivity index (χ4n) is 3.45. The number of halogens is 2. The monoisotopic (exact) mass is 416 g/mol. The van der Waals surface area contributed by atoms with E-state index in [1.807, 2.05) is 30.3 Å². The quantitative estimate of drug-likeness (QED) is 0.677. The zero-order valence-corrected chi connectivity index (χ0v) is 15.9. The minimum atomic E-state index is -0.794. The predicted molar refractivity (Wildman–Crippen MR) is 101 cm³/mol. The van der Waals surface area contributed by atoms with Crippen molar-refractivity contribution in [2.45, 2.75) is 31.7 Å².